The van der Waals surface area contributed by atoms with Crippen LogP contribution < -0.4 is 5.14 Å². The van der Waals surface area contributed by atoms with E-state index in [0.29, 0.717) is 0 Å². The molecule has 1 heterocycles. The summed E-state index contributed by atoms with van der Waals surface area (Å²) in [5.41, 5.74) is -1.87. The Kier molecular flexibility index (Phi) is 7.48. The highest BCUT2D eigenvalue weighted by Gasteiger charge is 2.52. The van der Waals surface area contributed by atoms with Crippen LogP contribution in [-0.2, 0) is 19.3 Å². The lowest BCUT2D eigenvalue weighted by Crippen LogP contribution is -2.41. The Morgan fingerprint density at radius 2 is 1.59 bits per heavy atom. The van der Waals surface area contributed by atoms with Crippen molar-refractivity contribution in [2.24, 2.45) is 5.14 Å². The quantitative estimate of drug-likeness (QED) is 0.633. The van der Waals surface area contributed by atoms with Gasteiger partial charge in [0, 0.05) is 0 Å². The molecule has 0 aromatic carbocycles. The van der Waals surface area contributed by atoms with Crippen molar-refractivity contribution in [2.45, 2.75) is 64.9 Å². The second kappa shape index (κ2) is 7.72. The van der Waals surface area contributed by atoms with Crippen LogP contribution in [0.5, 0.6) is 0 Å². The smallest absolute Gasteiger partial charge is 0.398 e. The summed E-state index contributed by atoms with van der Waals surface area (Å²) in [6.45, 7) is 12.7. The number of hydrogen-bond donors (Lipinski definition) is 1. The van der Waals surface area contributed by atoms with Crippen LogP contribution in [-0.4, -0.2) is 32.0 Å². The fourth-order valence-electron chi connectivity index (χ4n) is 1.45. The first kappa shape index (κ1) is 21.3. The molecular weight excluding hydrogens is 308 g/mol. The van der Waals surface area contributed by atoms with Crippen LogP contribution >= 0.6 is 0 Å². The zero-order chi connectivity index (χ0) is 17.8. The SMILES string of the molecule is CC.CC(/C=C/C=C(\F)B1OC(C)(C)C(C)(C)O1)S(N)(=O)=O. The zero-order valence-electron chi connectivity index (χ0n) is 14.4. The normalized spacial score (nSPS) is 22.4. The van der Waals surface area contributed by atoms with Gasteiger partial charge in [-0.3, -0.25) is 0 Å². The summed E-state index contributed by atoms with van der Waals surface area (Å²) in [5.74, 6) is 0. The Labute approximate surface area is 133 Å². The second-order valence-electron chi connectivity index (χ2n) is 5.82. The Bertz CT molecular complexity index is 513. The molecule has 0 aliphatic carbocycles. The molecule has 1 fully saturated rings. The lowest BCUT2D eigenvalue weighted by Gasteiger charge is -2.32. The van der Waals surface area contributed by atoms with Crippen molar-refractivity contribution < 1.29 is 22.1 Å². The Morgan fingerprint density at radius 3 is 1.95 bits per heavy atom. The van der Waals surface area contributed by atoms with Gasteiger partial charge in [-0.1, -0.05) is 26.0 Å². The van der Waals surface area contributed by atoms with E-state index in [9.17, 15) is 12.8 Å². The maximum atomic E-state index is 13.9. The first-order valence-electron chi connectivity index (χ1n) is 7.28. The van der Waals surface area contributed by atoms with Gasteiger partial charge in [0.25, 0.3) is 0 Å². The van der Waals surface area contributed by atoms with Crippen LogP contribution in [0.25, 0.3) is 0 Å². The molecule has 22 heavy (non-hydrogen) atoms. The van der Waals surface area contributed by atoms with Gasteiger partial charge in [-0.2, -0.15) is 0 Å². The molecule has 1 rings (SSSR count). The molecule has 0 radical (unpaired) electrons. The van der Waals surface area contributed by atoms with Gasteiger partial charge in [0.2, 0.25) is 10.0 Å². The molecule has 0 bridgehead atoms. The van der Waals surface area contributed by atoms with Gasteiger partial charge < -0.3 is 9.31 Å². The van der Waals surface area contributed by atoms with Crippen molar-refractivity contribution in [1.29, 1.82) is 0 Å². The van der Waals surface area contributed by atoms with Crippen LogP contribution in [0.4, 0.5) is 4.39 Å². The molecule has 128 valence electrons. The van der Waals surface area contributed by atoms with E-state index in [2.05, 4.69) is 0 Å². The van der Waals surface area contributed by atoms with E-state index in [-0.39, 0.29) is 0 Å². The summed E-state index contributed by atoms with van der Waals surface area (Å²) in [5, 5.41) is 4.06. The van der Waals surface area contributed by atoms with Gasteiger partial charge in [-0.25, -0.2) is 17.9 Å². The Balaban J connectivity index is 0.00000211. The summed E-state index contributed by atoms with van der Waals surface area (Å²) in [6.07, 6.45) is 3.69. The molecule has 0 aromatic rings. The maximum Gasteiger partial charge on any atom is 0.525 e. The van der Waals surface area contributed by atoms with Crippen molar-refractivity contribution in [1.82, 2.24) is 0 Å². The van der Waals surface area contributed by atoms with E-state index in [1.54, 1.807) is 0 Å². The van der Waals surface area contributed by atoms with Gasteiger partial charge in [-0.15, -0.1) is 0 Å². The average molecular weight is 335 g/mol. The first-order chi connectivity index (χ1) is 9.87. The Hall–Kier alpha value is -0.695. The van der Waals surface area contributed by atoms with Crippen LogP contribution in [0.15, 0.2) is 24.0 Å². The fraction of sp³-hybridized carbons (Fsp3) is 0.714. The van der Waals surface area contributed by atoms with E-state index >= 15 is 0 Å². The molecule has 0 amide bonds. The lowest BCUT2D eigenvalue weighted by atomic mass is 9.88. The zero-order valence-corrected chi connectivity index (χ0v) is 15.2. The van der Waals surface area contributed by atoms with Crippen molar-refractivity contribution >= 4 is 17.1 Å². The number of rotatable bonds is 4. The molecular formula is C14H27BFNO4S. The van der Waals surface area contributed by atoms with Gasteiger partial charge in [0.1, 0.15) is 5.73 Å². The summed E-state index contributed by atoms with van der Waals surface area (Å²) < 4.78 is 46.9. The van der Waals surface area contributed by atoms with Gasteiger partial charge in [0.15, 0.2) is 0 Å². The molecule has 0 aromatic heterocycles. The average Bonchev–Trinajstić information content (AvgIpc) is 2.59. The topological polar surface area (TPSA) is 78.6 Å². The summed E-state index contributed by atoms with van der Waals surface area (Å²) in [6, 6.07) is 0. The van der Waals surface area contributed by atoms with Crippen molar-refractivity contribution in [3.63, 3.8) is 0 Å². The molecule has 8 heteroatoms. The number of primary sulfonamides is 1. The van der Waals surface area contributed by atoms with Gasteiger partial charge in [0.05, 0.1) is 16.5 Å². The van der Waals surface area contributed by atoms with E-state index in [1.807, 2.05) is 41.5 Å². The van der Waals surface area contributed by atoms with Crippen molar-refractivity contribution in [2.75, 3.05) is 0 Å². The molecule has 0 spiro atoms. The van der Waals surface area contributed by atoms with E-state index in [4.69, 9.17) is 14.4 Å². The highest BCUT2D eigenvalue weighted by Crippen LogP contribution is 2.38. The highest BCUT2D eigenvalue weighted by atomic mass is 32.2. The number of allylic oxidation sites excluding steroid dienone is 2. The minimum Gasteiger partial charge on any atom is -0.398 e. The predicted molar refractivity (Wildman–Crippen MR) is 88.3 cm³/mol. The third-order valence-electron chi connectivity index (χ3n) is 3.63. The summed E-state index contributed by atoms with van der Waals surface area (Å²) in [7, 11) is -4.75. The van der Waals surface area contributed by atoms with Crippen LogP contribution in [0.3, 0.4) is 0 Å². The van der Waals surface area contributed by atoms with Crippen LogP contribution in [0, 0.1) is 0 Å². The number of halogens is 1. The number of hydrogen-bond acceptors (Lipinski definition) is 4. The fourth-order valence-corrected chi connectivity index (χ4v) is 1.76. The molecule has 1 aliphatic heterocycles. The van der Waals surface area contributed by atoms with Crippen LogP contribution in [0.2, 0.25) is 0 Å². The largest absolute Gasteiger partial charge is 0.525 e. The number of sulfonamides is 1. The first-order valence-corrected chi connectivity index (χ1v) is 8.89. The lowest BCUT2D eigenvalue weighted by molar-refractivity contribution is 0.00578. The molecule has 0 saturated carbocycles. The minimum absolute atomic E-state index is 0.624. The molecule has 2 N–H and O–H groups in total. The summed E-state index contributed by atoms with van der Waals surface area (Å²) in [4.78, 5) is 0. The monoisotopic (exact) mass is 335 g/mol. The maximum absolute atomic E-state index is 13.9. The summed E-state index contributed by atoms with van der Waals surface area (Å²) >= 11 is 0. The second-order valence-corrected chi connectivity index (χ2v) is 7.74. The van der Waals surface area contributed by atoms with Gasteiger partial charge in [-0.05, 0) is 40.7 Å². The van der Waals surface area contributed by atoms with E-state index in [0.717, 1.165) is 6.08 Å². The van der Waals surface area contributed by atoms with Crippen LogP contribution in [0.1, 0.15) is 48.5 Å². The molecule has 1 saturated heterocycles. The third-order valence-corrected chi connectivity index (χ3v) is 4.83. The highest BCUT2D eigenvalue weighted by molar-refractivity contribution is 7.89. The third kappa shape index (κ3) is 5.50. The van der Waals surface area contributed by atoms with Crippen molar-refractivity contribution in [3.8, 4) is 0 Å². The van der Waals surface area contributed by atoms with E-state index < -0.39 is 39.3 Å². The molecule has 1 unspecified atom stereocenters. The molecule has 1 aliphatic rings. The van der Waals surface area contributed by atoms with Gasteiger partial charge >= 0.3 is 7.12 Å². The standard InChI is InChI=1S/C12H21BFNO4S.C2H6/c1-9(20(15,16)17)7-6-8-10(14)13-18-11(2,3)12(4,5)19-13;1-2/h6-9H,1-5H3,(H2,15,16,17);1-2H3/b7-6+,10-8-;. The Morgan fingerprint density at radius 1 is 1.18 bits per heavy atom. The predicted octanol–water partition coefficient (Wildman–Crippen LogP) is 2.73. The minimum atomic E-state index is -3.66. The number of nitrogens with two attached hydrogens (primary N) is 1. The van der Waals surface area contributed by atoms with Crippen molar-refractivity contribution in [3.05, 3.63) is 24.0 Å². The van der Waals surface area contributed by atoms with E-state index in [1.165, 1.54) is 19.1 Å². The molecule has 1 atom stereocenters. The molecule has 5 nitrogen and oxygen atoms in total.